The van der Waals surface area contributed by atoms with Crippen molar-refractivity contribution in [2.75, 3.05) is 0 Å². The molecule has 1 aromatic rings. The van der Waals surface area contributed by atoms with Crippen LogP contribution in [-0.2, 0) is 11.4 Å². The lowest BCUT2D eigenvalue weighted by molar-refractivity contribution is -0.131. The van der Waals surface area contributed by atoms with Crippen LogP contribution in [0.5, 0.6) is 0 Å². The molecule has 0 unspecified atom stereocenters. The summed E-state index contributed by atoms with van der Waals surface area (Å²) in [4.78, 5) is 10.6. The van der Waals surface area contributed by atoms with Gasteiger partial charge in [-0.2, -0.15) is 0 Å². The van der Waals surface area contributed by atoms with Crippen molar-refractivity contribution in [1.82, 2.24) is 0 Å². The zero-order valence-corrected chi connectivity index (χ0v) is 15.1. The summed E-state index contributed by atoms with van der Waals surface area (Å²) >= 11 is 0. The van der Waals surface area contributed by atoms with Gasteiger partial charge in [-0.15, -0.1) is 0 Å². The third-order valence-corrected chi connectivity index (χ3v) is 4.02. The van der Waals surface area contributed by atoms with Gasteiger partial charge in [0, 0.05) is 6.08 Å². The third-order valence-electron chi connectivity index (χ3n) is 4.02. The van der Waals surface area contributed by atoms with E-state index in [9.17, 15) is 9.90 Å². The lowest BCUT2D eigenvalue weighted by Gasteiger charge is -2.13. The van der Waals surface area contributed by atoms with Gasteiger partial charge in [0.15, 0.2) is 0 Å². The van der Waals surface area contributed by atoms with Crippen molar-refractivity contribution in [1.29, 1.82) is 0 Å². The average Bonchev–Trinajstić information content (AvgIpc) is 2.50. The largest absolute Gasteiger partial charge is 0.478 e. The molecule has 0 saturated carbocycles. The highest BCUT2D eigenvalue weighted by Crippen LogP contribution is 2.23. The monoisotopic (exact) mass is 326 g/mol. The Morgan fingerprint density at radius 3 is 2.33 bits per heavy atom. The molecule has 0 bridgehead atoms. The van der Waals surface area contributed by atoms with Gasteiger partial charge in [-0.25, -0.2) is 4.79 Å². The lowest BCUT2D eigenvalue weighted by Crippen LogP contribution is -1.97. The second kappa shape index (κ2) is 9.04. The second-order valence-corrected chi connectivity index (χ2v) is 6.00. The van der Waals surface area contributed by atoms with Gasteiger partial charge >= 0.3 is 5.97 Å². The molecular weight excluding hydrogens is 300 g/mol. The molecule has 2 N–H and O–H groups in total. The van der Waals surface area contributed by atoms with E-state index in [0.717, 1.165) is 22.3 Å². The Bertz CT molecular complexity index is 732. The number of aliphatic hydroxyl groups excluding tert-OH is 1. The lowest BCUT2D eigenvalue weighted by atomic mass is 9.93. The van der Waals surface area contributed by atoms with Crippen LogP contribution in [-0.4, -0.2) is 16.2 Å². The minimum Gasteiger partial charge on any atom is -0.478 e. The fourth-order valence-corrected chi connectivity index (χ4v) is 2.47. The zero-order chi connectivity index (χ0) is 18.3. The van der Waals surface area contributed by atoms with Crippen LogP contribution in [0.4, 0.5) is 0 Å². The number of rotatable bonds is 6. The molecule has 0 saturated heterocycles. The number of hydrogen-bond acceptors (Lipinski definition) is 2. The van der Waals surface area contributed by atoms with E-state index in [-0.39, 0.29) is 6.61 Å². The summed E-state index contributed by atoms with van der Waals surface area (Å²) < 4.78 is 0. The fraction of sp³-hybridized carbons (Fsp3) is 0.286. The Labute approximate surface area is 144 Å². The highest BCUT2D eigenvalue weighted by Gasteiger charge is 2.07. The van der Waals surface area contributed by atoms with Gasteiger partial charge in [0.1, 0.15) is 0 Å². The van der Waals surface area contributed by atoms with Gasteiger partial charge < -0.3 is 10.2 Å². The molecule has 0 aliphatic heterocycles. The number of carboxylic acids is 1. The van der Waals surface area contributed by atoms with Gasteiger partial charge in [0.05, 0.1) is 6.61 Å². The Morgan fingerprint density at radius 2 is 1.75 bits per heavy atom. The zero-order valence-electron chi connectivity index (χ0n) is 15.1. The number of hydrogen-bond donors (Lipinski definition) is 2. The molecule has 128 valence electrons. The number of allylic oxidation sites excluding steroid dienone is 6. The SMILES string of the molecule is CC(/C=C/c1c(C)cc(CO)c(C)c1C)=C\C=C\C(C)=C\C(=O)O. The highest BCUT2D eigenvalue weighted by molar-refractivity contribution is 5.81. The van der Waals surface area contributed by atoms with Crippen LogP contribution in [0.15, 0.2) is 47.6 Å². The predicted octanol–water partition coefficient (Wildman–Crippen LogP) is 4.65. The van der Waals surface area contributed by atoms with Gasteiger partial charge in [-0.3, -0.25) is 0 Å². The van der Waals surface area contributed by atoms with E-state index in [2.05, 4.69) is 13.0 Å². The number of aliphatic carboxylic acids is 1. The van der Waals surface area contributed by atoms with Gasteiger partial charge in [-0.1, -0.05) is 42.0 Å². The summed E-state index contributed by atoms with van der Waals surface area (Å²) in [6.07, 6.45) is 10.8. The van der Waals surface area contributed by atoms with Crippen molar-refractivity contribution >= 4 is 12.0 Å². The van der Waals surface area contributed by atoms with E-state index in [0.29, 0.717) is 5.57 Å². The van der Waals surface area contributed by atoms with Crippen molar-refractivity contribution in [2.24, 2.45) is 0 Å². The average molecular weight is 326 g/mol. The summed E-state index contributed by atoms with van der Waals surface area (Å²) in [5, 5.41) is 18.1. The van der Waals surface area contributed by atoms with Crippen LogP contribution in [0.2, 0.25) is 0 Å². The summed E-state index contributed by atoms with van der Waals surface area (Å²) in [5.74, 6) is -0.939. The normalized spacial score (nSPS) is 13.2. The van der Waals surface area contributed by atoms with E-state index in [1.165, 1.54) is 17.2 Å². The Kier molecular flexibility index (Phi) is 7.40. The van der Waals surface area contributed by atoms with Gasteiger partial charge in [-0.05, 0) is 68.0 Å². The Balaban J connectivity index is 2.97. The number of carbonyl (C=O) groups is 1. The van der Waals surface area contributed by atoms with Crippen molar-refractivity contribution in [3.05, 3.63) is 75.4 Å². The van der Waals surface area contributed by atoms with Crippen LogP contribution in [0.1, 0.15) is 41.7 Å². The molecule has 0 radical (unpaired) electrons. The standard InChI is InChI=1S/C21H26O3/c1-14(7-6-8-15(2)11-21(23)24)9-10-20-16(3)12-19(13-22)17(4)18(20)5/h6-12,22H,13H2,1-5H3,(H,23,24)/b8-6+,10-9+,14-7+,15-11+. The highest BCUT2D eigenvalue weighted by atomic mass is 16.4. The number of aryl methyl sites for hydroxylation is 1. The summed E-state index contributed by atoms with van der Waals surface area (Å²) in [5.41, 5.74) is 7.34. The molecule has 3 nitrogen and oxygen atoms in total. The van der Waals surface area contributed by atoms with Crippen LogP contribution < -0.4 is 0 Å². The number of carboxylic acid groups (broad SMARTS) is 1. The fourth-order valence-electron chi connectivity index (χ4n) is 2.47. The first-order valence-electron chi connectivity index (χ1n) is 7.91. The van der Waals surface area contributed by atoms with Crippen LogP contribution in [0.3, 0.4) is 0 Å². The Morgan fingerprint density at radius 1 is 1.08 bits per heavy atom. The van der Waals surface area contributed by atoms with Crippen LogP contribution >= 0.6 is 0 Å². The van der Waals surface area contributed by atoms with Crippen molar-refractivity contribution in [2.45, 2.75) is 41.2 Å². The first-order chi connectivity index (χ1) is 11.3. The Hall–Kier alpha value is -2.39. The molecule has 0 spiro atoms. The van der Waals surface area contributed by atoms with E-state index in [4.69, 9.17) is 5.11 Å². The van der Waals surface area contributed by atoms with Crippen molar-refractivity contribution in [3.8, 4) is 0 Å². The molecule has 0 atom stereocenters. The maximum Gasteiger partial charge on any atom is 0.328 e. The third kappa shape index (κ3) is 5.67. The topological polar surface area (TPSA) is 57.5 Å². The van der Waals surface area contributed by atoms with E-state index in [1.54, 1.807) is 13.0 Å². The minimum atomic E-state index is -0.939. The van der Waals surface area contributed by atoms with Gasteiger partial charge in [0.25, 0.3) is 0 Å². The predicted molar refractivity (Wildman–Crippen MR) is 99.9 cm³/mol. The molecule has 0 aliphatic carbocycles. The summed E-state index contributed by atoms with van der Waals surface area (Å²) in [6.45, 7) is 9.95. The molecule has 1 rings (SSSR count). The van der Waals surface area contributed by atoms with E-state index >= 15 is 0 Å². The first-order valence-corrected chi connectivity index (χ1v) is 7.91. The van der Waals surface area contributed by atoms with Crippen molar-refractivity contribution < 1.29 is 15.0 Å². The smallest absolute Gasteiger partial charge is 0.328 e. The molecule has 24 heavy (non-hydrogen) atoms. The van der Waals surface area contributed by atoms with E-state index < -0.39 is 5.97 Å². The second-order valence-electron chi connectivity index (χ2n) is 6.00. The van der Waals surface area contributed by atoms with Crippen LogP contribution in [0.25, 0.3) is 6.08 Å². The molecule has 0 fully saturated rings. The molecule has 0 aromatic heterocycles. The number of aliphatic hydroxyl groups is 1. The minimum absolute atomic E-state index is 0.0600. The van der Waals surface area contributed by atoms with Crippen molar-refractivity contribution in [3.63, 3.8) is 0 Å². The summed E-state index contributed by atoms with van der Waals surface area (Å²) in [6, 6.07) is 2.03. The maximum absolute atomic E-state index is 10.6. The van der Waals surface area contributed by atoms with E-state index in [1.807, 2.05) is 45.1 Å². The summed E-state index contributed by atoms with van der Waals surface area (Å²) in [7, 11) is 0. The molecule has 0 heterocycles. The molecule has 3 heteroatoms. The number of benzene rings is 1. The molecule has 1 aromatic carbocycles. The molecular formula is C21H26O3. The maximum atomic E-state index is 10.6. The molecule has 0 aliphatic rings. The first kappa shape index (κ1) is 19.7. The van der Waals surface area contributed by atoms with Gasteiger partial charge in [0.2, 0.25) is 0 Å². The molecule has 0 amide bonds. The quantitative estimate of drug-likeness (QED) is 0.591. The van der Waals surface area contributed by atoms with Crippen LogP contribution in [0, 0.1) is 20.8 Å².